The van der Waals surface area contributed by atoms with Gasteiger partial charge in [0.2, 0.25) is 0 Å². The van der Waals surface area contributed by atoms with Gasteiger partial charge in [-0.25, -0.2) is 4.79 Å². The average molecular weight is 342 g/mol. The molecule has 0 aliphatic heterocycles. The second-order valence-electron chi connectivity index (χ2n) is 5.63. The summed E-state index contributed by atoms with van der Waals surface area (Å²) in [6.07, 6.45) is 14.1. The molecule has 0 unspecified atom stereocenters. The summed E-state index contributed by atoms with van der Waals surface area (Å²) in [5, 5.41) is 0. The molecule has 0 radical (unpaired) electrons. The zero-order chi connectivity index (χ0) is 19.1. The summed E-state index contributed by atoms with van der Waals surface area (Å²) in [6.45, 7) is 18.0. The van der Waals surface area contributed by atoms with Crippen LogP contribution in [0.1, 0.15) is 33.6 Å². The zero-order valence-electron chi connectivity index (χ0n) is 15.7. The molecule has 0 N–H and O–H groups in total. The molecule has 0 amide bonds. The van der Waals surface area contributed by atoms with Gasteiger partial charge in [-0.05, 0) is 56.9 Å². The van der Waals surface area contributed by atoms with Crippen LogP contribution in [0.15, 0.2) is 84.7 Å². The van der Waals surface area contributed by atoms with Gasteiger partial charge < -0.3 is 9.47 Å². The van der Waals surface area contributed by atoms with Crippen molar-refractivity contribution < 1.29 is 14.3 Å². The Labute approximate surface area is 152 Å². The maximum Gasteiger partial charge on any atom is 0.330 e. The molecule has 0 saturated heterocycles. The second-order valence-corrected chi connectivity index (χ2v) is 5.63. The van der Waals surface area contributed by atoms with Crippen LogP contribution in [-0.2, 0) is 14.3 Å². The summed E-state index contributed by atoms with van der Waals surface area (Å²) in [7, 11) is 0. The molecule has 0 bridgehead atoms. The van der Waals surface area contributed by atoms with Crippen LogP contribution in [0.3, 0.4) is 0 Å². The lowest BCUT2D eigenvalue weighted by molar-refractivity contribution is -0.137. The van der Waals surface area contributed by atoms with Gasteiger partial charge in [-0.3, -0.25) is 0 Å². The summed E-state index contributed by atoms with van der Waals surface area (Å²) in [4.78, 5) is 10.9. The normalized spacial score (nSPS) is 12.2. The van der Waals surface area contributed by atoms with E-state index in [1.807, 2.05) is 25.2 Å². The third kappa shape index (κ3) is 11.6. The number of ether oxygens (including phenoxy) is 2. The third-order valence-corrected chi connectivity index (χ3v) is 3.11. The molecule has 0 aromatic rings. The van der Waals surface area contributed by atoms with Gasteiger partial charge in [0.1, 0.15) is 5.76 Å². The third-order valence-electron chi connectivity index (χ3n) is 3.11. The van der Waals surface area contributed by atoms with Crippen LogP contribution in [0.4, 0.5) is 0 Å². The number of hydrogen-bond acceptors (Lipinski definition) is 3. The quantitative estimate of drug-likeness (QED) is 0.152. The number of allylic oxidation sites excluding steroid dienone is 9. The van der Waals surface area contributed by atoms with Gasteiger partial charge in [0.05, 0.1) is 13.2 Å². The molecule has 0 aromatic heterocycles. The fraction of sp³-hybridized carbons (Fsp3) is 0.318. The lowest BCUT2D eigenvalue weighted by Crippen LogP contribution is -2.03. The minimum absolute atomic E-state index is 0.374. The van der Waals surface area contributed by atoms with Gasteiger partial charge >= 0.3 is 5.97 Å². The summed E-state index contributed by atoms with van der Waals surface area (Å²) in [6, 6.07) is 0. The molecule has 0 aliphatic carbocycles. The topological polar surface area (TPSA) is 35.5 Å². The summed E-state index contributed by atoms with van der Waals surface area (Å²) < 4.78 is 10.6. The molecule has 0 saturated carbocycles. The predicted molar refractivity (Wildman–Crippen MR) is 106 cm³/mol. The first-order valence-corrected chi connectivity index (χ1v) is 8.35. The largest absolute Gasteiger partial charge is 0.494 e. The van der Waals surface area contributed by atoms with Crippen molar-refractivity contribution >= 4 is 5.97 Å². The lowest BCUT2D eigenvalue weighted by Gasteiger charge is -2.07. The maximum absolute atomic E-state index is 10.9. The van der Waals surface area contributed by atoms with Gasteiger partial charge in [0, 0.05) is 6.08 Å². The number of esters is 1. The highest BCUT2D eigenvalue weighted by Gasteiger charge is 1.98. The van der Waals surface area contributed by atoms with Crippen molar-refractivity contribution in [2.45, 2.75) is 33.6 Å². The molecule has 25 heavy (non-hydrogen) atoms. The highest BCUT2D eigenvalue weighted by Crippen LogP contribution is 2.14. The Hall–Kier alpha value is -2.55. The minimum atomic E-state index is -0.395. The molecule has 0 aliphatic rings. The van der Waals surface area contributed by atoms with Crippen molar-refractivity contribution in [2.75, 3.05) is 13.2 Å². The Bertz CT molecular complexity index is 582. The Morgan fingerprint density at radius 3 is 2.04 bits per heavy atom. The number of unbranched alkanes of at least 4 members (excludes halogenated alkanes) is 1. The van der Waals surface area contributed by atoms with E-state index in [4.69, 9.17) is 9.47 Å². The fourth-order valence-corrected chi connectivity index (χ4v) is 1.84. The van der Waals surface area contributed by atoms with E-state index < -0.39 is 5.97 Å². The van der Waals surface area contributed by atoms with Crippen LogP contribution in [0.5, 0.6) is 0 Å². The molecule has 0 rings (SSSR count). The van der Waals surface area contributed by atoms with Crippen LogP contribution in [0.25, 0.3) is 0 Å². The van der Waals surface area contributed by atoms with Crippen LogP contribution in [0.2, 0.25) is 0 Å². The van der Waals surface area contributed by atoms with Crippen molar-refractivity contribution in [1.82, 2.24) is 0 Å². The summed E-state index contributed by atoms with van der Waals surface area (Å²) in [5.74, 6) is 0.311. The Kier molecular flexibility index (Phi) is 12.4. The monoisotopic (exact) mass is 342 g/mol. The zero-order valence-corrected chi connectivity index (χ0v) is 15.7. The summed E-state index contributed by atoms with van der Waals surface area (Å²) >= 11 is 0. The molecule has 0 spiro atoms. The van der Waals surface area contributed by atoms with Crippen LogP contribution in [-0.4, -0.2) is 19.2 Å². The van der Waals surface area contributed by atoms with E-state index in [1.54, 1.807) is 12.2 Å². The predicted octanol–water partition coefficient (Wildman–Crippen LogP) is 5.61. The SMILES string of the molecule is C=C/C=C(C=C(C)C)/C(C)=C/C=C(\C=C)OCCCCOC(=O)C=C. The lowest BCUT2D eigenvalue weighted by atomic mass is 10.0. The number of carbonyl (C=O) groups is 1. The van der Waals surface area contributed by atoms with Crippen molar-refractivity contribution in [3.05, 3.63) is 84.7 Å². The first-order chi connectivity index (χ1) is 11.9. The molecule has 136 valence electrons. The van der Waals surface area contributed by atoms with Gasteiger partial charge in [0.25, 0.3) is 0 Å². The van der Waals surface area contributed by atoms with Crippen LogP contribution >= 0.6 is 0 Å². The maximum atomic E-state index is 10.9. The first kappa shape index (κ1) is 22.4. The first-order valence-electron chi connectivity index (χ1n) is 8.35. The smallest absolute Gasteiger partial charge is 0.330 e. The highest BCUT2D eigenvalue weighted by atomic mass is 16.5. The molecular weight excluding hydrogens is 312 g/mol. The van der Waals surface area contributed by atoms with E-state index in [0.717, 1.165) is 30.1 Å². The van der Waals surface area contributed by atoms with Crippen LogP contribution < -0.4 is 0 Å². The standard InChI is InChI=1S/C22H30O3/c1-7-12-20(17-18(4)5)19(6)13-14-21(8-2)24-15-10-11-16-25-22(23)9-3/h7-9,12-14,17H,1-3,10-11,15-16H2,4-6H3/b19-13+,20-12+,21-14+. The van der Waals surface area contributed by atoms with Crippen molar-refractivity contribution in [3.63, 3.8) is 0 Å². The highest BCUT2D eigenvalue weighted by molar-refractivity contribution is 5.81. The van der Waals surface area contributed by atoms with Gasteiger partial charge in [0.15, 0.2) is 0 Å². The molecule has 0 heterocycles. The van der Waals surface area contributed by atoms with Crippen molar-refractivity contribution in [2.24, 2.45) is 0 Å². The molecule has 3 heteroatoms. The van der Waals surface area contributed by atoms with E-state index in [2.05, 4.69) is 39.7 Å². The number of carbonyl (C=O) groups excluding carboxylic acids is 1. The average Bonchev–Trinajstić information content (AvgIpc) is 2.59. The molecule has 0 fully saturated rings. The molecule has 3 nitrogen and oxygen atoms in total. The number of rotatable bonds is 12. The van der Waals surface area contributed by atoms with Crippen LogP contribution in [0, 0.1) is 0 Å². The minimum Gasteiger partial charge on any atom is -0.494 e. The van der Waals surface area contributed by atoms with E-state index in [0.29, 0.717) is 19.0 Å². The summed E-state index contributed by atoms with van der Waals surface area (Å²) in [5.41, 5.74) is 3.45. The van der Waals surface area contributed by atoms with E-state index in [-0.39, 0.29) is 0 Å². The molecule has 0 aromatic carbocycles. The second kappa shape index (κ2) is 13.8. The van der Waals surface area contributed by atoms with Gasteiger partial charge in [-0.2, -0.15) is 0 Å². The Balaban J connectivity index is 4.57. The Morgan fingerprint density at radius 1 is 0.880 bits per heavy atom. The van der Waals surface area contributed by atoms with E-state index in [9.17, 15) is 4.79 Å². The van der Waals surface area contributed by atoms with E-state index in [1.165, 1.54) is 5.57 Å². The van der Waals surface area contributed by atoms with Gasteiger partial charge in [-0.1, -0.05) is 49.6 Å². The fourth-order valence-electron chi connectivity index (χ4n) is 1.84. The van der Waals surface area contributed by atoms with Crippen molar-refractivity contribution in [3.8, 4) is 0 Å². The Morgan fingerprint density at radius 2 is 1.52 bits per heavy atom. The van der Waals surface area contributed by atoms with Gasteiger partial charge in [-0.15, -0.1) is 0 Å². The molecular formula is C22H30O3. The van der Waals surface area contributed by atoms with Crippen molar-refractivity contribution in [1.29, 1.82) is 0 Å². The molecule has 0 atom stereocenters. The van der Waals surface area contributed by atoms with E-state index >= 15 is 0 Å². The number of hydrogen-bond donors (Lipinski definition) is 0.